The molecular formula is C13H11F3N2O2. The van der Waals surface area contributed by atoms with Crippen LogP contribution in [0.1, 0.15) is 10.4 Å². The molecule has 2 rings (SSSR count). The molecular weight excluding hydrogens is 273 g/mol. The Bertz CT molecular complexity index is 620. The van der Waals surface area contributed by atoms with E-state index in [1.54, 1.807) is 25.4 Å². The molecule has 2 aromatic rings. The van der Waals surface area contributed by atoms with E-state index >= 15 is 0 Å². The van der Waals surface area contributed by atoms with Crippen molar-refractivity contribution in [1.82, 2.24) is 9.78 Å². The number of nitrogens with zero attached hydrogens (tertiary/aromatic N) is 2. The van der Waals surface area contributed by atoms with E-state index in [1.165, 1.54) is 16.9 Å². The molecule has 1 aromatic carbocycles. The van der Waals surface area contributed by atoms with Crippen LogP contribution < -0.4 is 4.74 Å². The van der Waals surface area contributed by atoms with Crippen molar-refractivity contribution in [3.05, 3.63) is 36.2 Å². The minimum atomic E-state index is -4.47. The third-order valence-corrected chi connectivity index (χ3v) is 2.57. The van der Waals surface area contributed by atoms with Crippen molar-refractivity contribution in [3.63, 3.8) is 0 Å². The molecule has 0 unspecified atom stereocenters. The molecule has 0 spiro atoms. The monoisotopic (exact) mass is 284 g/mol. The van der Waals surface area contributed by atoms with Gasteiger partial charge in [-0.2, -0.15) is 18.3 Å². The molecule has 0 aliphatic heterocycles. The minimum Gasteiger partial charge on any atom is -0.483 e. The Morgan fingerprint density at radius 3 is 2.70 bits per heavy atom. The van der Waals surface area contributed by atoms with Crippen LogP contribution in [0.4, 0.5) is 13.2 Å². The zero-order chi connectivity index (χ0) is 14.8. The van der Waals surface area contributed by atoms with Gasteiger partial charge in [-0.25, -0.2) is 0 Å². The molecule has 106 valence electrons. The second kappa shape index (κ2) is 5.36. The summed E-state index contributed by atoms with van der Waals surface area (Å²) in [4.78, 5) is 11.0. The molecule has 0 saturated heterocycles. The van der Waals surface area contributed by atoms with Crippen LogP contribution >= 0.6 is 0 Å². The van der Waals surface area contributed by atoms with Crippen LogP contribution in [0.5, 0.6) is 5.75 Å². The maximum atomic E-state index is 12.3. The van der Waals surface area contributed by atoms with Gasteiger partial charge in [-0.15, -0.1) is 0 Å². The highest BCUT2D eigenvalue weighted by Crippen LogP contribution is 2.33. The first-order valence-corrected chi connectivity index (χ1v) is 5.67. The first-order valence-electron chi connectivity index (χ1n) is 5.67. The minimum absolute atomic E-state index is 0.0654. The van der Waals surface area contributed by atoms with E-state index < -0.39 is 12.8 Å². The molecule has 4 nitrogen and oxygen atoms in total. The van der Waals surface area contributed by atoms with Crippen molar-refractivity contribution >= 4 is 6.29 Å². The van der Waals surface area contributed by atoms with Gasteiger partial charge in [0, 0.05) is 24.4 Å². The fourth-order valence-corrected chi connectivity index (χ4v) is 1.75. The Balaban J connectivity index is 2.43. The fraction of sp³-hybridized carbons (Fsp3) is 0.231. The summed E-state index contributed by atoms with van der Waals surface area (Å²) in [6.07, 6.45) is -0.886. The topological polar surface area (TPSA) is 44.1 Å². The highest BCUT2D eigenvalue weighted by atomic mass is 19.4. The van der Waals surface area contributed by atoms with E-state index in [0.29, 0.717) is 17.4 Å². The summed E-state index contributed by atoms with van der Waals surface area (Å²) in [6.45, 7) is -1.45. The molecule has 1 heterocycles. The number of rotatable bonds is 4. The van der Waals surface area contributed by atoms with Gasteiger partial charge in [-0.3, -0.25) is 9.48 Å². The zero-order valence-corrected chi connectivity index (χ0v) is 10.5. The van der Waals surface area contributed by atoms with Crippen LogP contribution in [0.25, 0.3) is 11.1 Å². The molecule has 0 N–H and O–H groups in total. The van der Waals surface area contributed by atoms with E-state index in [-0.39, 0.29) is 11.3 Å². The maximum Gasteiger partial charge on any atom is 0.422 e. The number of halogens is 3. The highest BCUT2D eigenvalue weighted by molar-refractivity contribution is 5.85. The van der Waals surface area contributed by atoms with Gasteiger partial charge in [0.05, 0.1) is 11.8 Å². The lowest BCUT2D eigenvalue weighted by molar-refractivity contribution is -0.153. The van der Waals surface area contributed by atoms with Crippen molar-refractivity contribution in [3.8, 4) is 16.9 Å². The molecule has 0 bridgehead atoms. The molecule has 0 amide bonds. The maximum absolute atomic E-state index is 12.3. The second-order valence-electron chi connectivity index (χ2n) is 4.15. The number of alkyl halides is 3. The number of para-hydroxylation sites is 1. The number of ether oxygens (including phenoxy) is 1. The molecule has 7 heteroatoms. The summed E-state index contributed by atoms with van der Waals surface area (Å²) in [6, 6.07) is 4.56. The Kier molecular flexibility index (Phi) is 3.78. The Hall–Kier alpha value is -2.31. The van der Waals surface area contributed by atoms with Crippen molar-refractivity contribution in [1.29, 1.82) is 0 Å². The van der Waals surface area contributed by atoms with E-state index in [9.17, 15) is 18.0 Å². The van der Waals surface area contributed by atoms with Crippen molar-refractivity contribution < 1.29 is 22.7 Å². The van der Waals surface area contributed by atoms with Gasteiger partial charge in [0.2, 0.25) is 0 Å². The number of aldehydes is 1. The van der Waals surface area contributed by atoms with Gasteiger partial charge >= 0.3 is 6.18 Å². The standard InChI is InChI=1S/C13H11F3N2O2/c1-18-6-10(5-17-18)11-4-2-3-9(7-19)12(11)20-8-13(14,15)16/h2-7H,8H2,1H3. The first kappa shape index (κ1) is 14.1. The van der Waals surface area contributed by atoms with E-state index in [1.807, 2.05) is 0 Å². The van der Waals surface area contributed by atoms with Crippen LogP contribution in [0, 0.1) is 0 Å². The molecule has 20 heavy (non-hydrogen) atoms. The summed E-state index contributed by atoms with van der Waals surface area (Å²) in [5.74, 6) is -0.0900. The Morgan fingerprint density at radius 2 is 2.15 bits per heavy atom. The number of hydrogen-bond donors (Lipinski definition) is 0. The molecule has 0 atom stereocenters. The average molecular weight is 284 g/mol. The third kappa shape index (κ3) is 3.17. The fourth-order valence-electron chi connectivity index (χ4n) is 1.75. The van der Waals surface area contributed by atoms with Gasteiger partial charge in [-0.05, 0) is 6.07 Å². The number of hydrogen-bond acceptors (Lipinski definition) is 3. The van der Waals surface area contributed by atoms with E-state index in [4.69, 9.17) is 4.74 Å². The van der Waals surface area contributed by atoms with Crippen LogP contribution in [-0.2, 0) is 7.05 Å². The number of benzene rings is 1. The lowest BCUT2D eigenvalue weighted by atomic mass is 10.0. The zero-order valence-electron chi connectivity index (χ0n) is 10.5. The quantitative estimate of drug-likeness (QED) is 0.811. The van der Waals surface area contributed by atoms with E-state index in [0.717, 1.165) is 0 Å². The smallest absolute Gasteiger partial charge is 0.422 e. The number of carbonyl (C=O) groups excluding carboxylic acids is 1. The summed E-state index contributed by atoms with van der Waals surface area (Å²) >= 11 is 0. The predicted molar refractivity (Wildman–Crippen MR) is 65.6 cm³/mol. The van der Waals surface area contributed by atoms with Gasteiger partial charge in [0.1, 0.15) is 5.75 Å². The third-order valence-electron chi connectivity index (χ3n) is 2.57. The van der Waals surface area contributed by atoms with Crippen molar-refractivity contribution in [2.75, 3.05) is 6.61 Å². The van der Waals surface area contributed by atoms with Gasteiger partial charge in [0.25, 0.3) is 0 Å². The molecule has 0 fully saturated rings. The molecule has 0 saturated carbocycles. The number of aromatic nitrogens is 2. The average Bonchev–Trinajstić information content (AvgIpc) is 2.81. The largest absolute Gasteiger partial charge is 0.483 e. The molecule has 0 aliphatic rings. The summed E-state index contributed by atoms with van der Waals surface area (Å²) in [5.41, 5.74) is 1.04. The number of carbonyl (C=O) groups is 1. The van der Waals surface area contributed by atoms with Crippen LogP contribution in [0.15, 0.2) is 30.6 Å². The predicted octanol–water partition coefficient (Wildman–Crippen LogP) is 2.84. The summed E-state index contributed by atoms with van der Waals surface area (Å²) < 4.78 is 43.2. The summed E-state index contributed by atoms with van der Waals surface area (Å²) in [7, 11) is 1.68. The lowest BCUT2D eigenvalue weighted by Crippen LogP contribution is -2.20. The van der Waals surface area contributed by atoms with Gasteiger partial charge < -0.3 is 4.74 Å². The molecule has 0 radical (unpaired) electrons. The Labute approximate surface area is 112 Å². The highest BCUT2D eigenvalue weighted by Gasteiger charge is 2.29. The normalized spacial score (nSPS) is 11.4. The van der Waals surface area contributed by atoms with Crippen molar-refractivity contribution in [2.45, 2.75) is 6.18 Å². The molecule has 0 aliphatic carbocycles. The van der Waals surface area contributed by atoms with Crippen molar-refractivity contribution in [2.24, 2.45) is 7.05 Å². The summed E-state index contributed by atoms with van der Waals surface area (Å²) in [5, 5.41) is 3.95. The van der Waals surface area contributed by atoms with E-state index in [2.05, 4.69) is 5.10 Å². The SMILES string of the molecule is Cn1cc(-c2cccc(C=O)c2OCC(F)(F)F)cn1. The second-order valence-corrected chi connectivity index (χ2v) is 4.15. The van der Waals surface area contributed by atoms with Gasteiger partial charge in [0.15, 0.2) is 12.9 Å². The van der Waals surface area contributed by atoms with Gasteiger partial charge in [-0.1, -0.05) is 12.1 Å². The van der Waals surface area contributed by atoms with Crippen LogP contribution in [0.2, 0.25) is 0 Å². The number of aryl methyl sites for hydroxylation is 1. The lowest BCUT2D eigenvalue weighted by Gasteiger charge is -2.14. The van der Waals surface area contributed by atoms with Crippen LogP contribution in [0.3, 0.4) is 0 Å². The first-order chi connectivity index (χ1) is 9.40. The van der Waals surface area contributed by atoms with Crippen LogP contribution in [-0.4, -0.2) is 28.8 Å². The molecule has 1 aromatic heterocycles. The Morgan fingerprint density at radius 1 is 1.40 bits per heavy atom.